The molecule has 0 bridgehead atoms. The number of rotatable bonds is 8. The summed E-state index contributed by atoms with van der Waals surface area (Å²) in [4.78, 5) is 39.5. The highest BCUT2D eigenvalue weighted by atomic mass is 19.1. The van der Waals surface area contributed by atoms with Crippen molar-refractivity contribution in [3.8, 4) is 28.0 Å². The number of benzene rings is 3. The molecule has 1 amide bonds. The minimum atomic E-state index is -0.701. The van der Waals surface area contributed by atoms with Crippen LogP contribution in [0.1, 0.15) is 27.0 Å². The van der Waals surface area contributed by atoms with Gasteiger partial charge in [-0.05, 0) is 65.4 Å². The van der Waals surface area contributed by atoms with Crippen molar-refractivity contribution >= 4 is 11.6 Å². The SMILES string of the molecule is COc1cc(-c2cccc(-c3cccc(NC(=O)c4c[nH]c(=O)n(C)c4=O)c3C)c2C)cc(F)c1CN[C@@H]1COC[C@H]1O. The molecular weight excluding hydrogens is 555 g/mol. The smallest absolute Gasteiger partial charge is 0.328 e. The Kier molecular flexibility index (Phi) is 8.58. The number of aromatic amines is 1. The third kappa shape index (κ3) is 5.87. The number of halogens is 1. The van der Waals surface area contributed by atoms with E-state index in [9.17, 15) is 19.5 Å². The highest BCUT2D eigenvalue weighted by Gasteiger charge is 2.26. The lowest BCUT2D eigenvalue weighted by Crippen LogP contribution is -2.38. The van der Waals surface area contributed by atoms with Crippen LogP contribution in [0.5, 0.6) is 5.75 Å². The Hall–Kier alpha value is -4.58. The van der Waals surface area contributed by atoms with Crippen LogP contribution in [-0.4, -0.2) is 53.0 Å². The summed E-state index contributed by atoms with van der Waals surface area (Å²) < 4.78 is 27.1. The number of H-pyrrole nitrogens is 1. The molecule has 0 saturated carbocycles. The molecule has 43 heavy (non-hydrogen) atoms. The number of aliphatic hydroxyl groups is 1. The molecule has 10 nitrogen and oxygen atoms in total. The normalized spacial score (nSPS) is 16.3. The van der Waals surface area contributed by atoms with E-state index in [0.717, 1.165) is 38.6 Å². The summed E-state index contributed by atoms with van der Waals surface area (Å²) in [5, 5.41) is 15.9. The zero-order chi connectivity index (χ0) is 30.8. The Morgan fingerprint density at radius 3 is 2.49 bits per heavy atom. The van der Waals surface area contributed by atoms with Crippen molar-refractivity contribution in [2.75, 3.05) is 25.6 Å². The Bertz CT molecular complexity index is 1820. The van der Waals surface area contributed by atoms with Gasteiger partial charge in [-0.15, -0.1) is 0 Å². The van der Waals surface area contributed by atoms with Crippen molar-refractivity contribution in [1.82, 2.24) is 14.9 Å². The maximum atomic E-state index is 15.5. The van der Waals surface area contributed by atoms with E-state index in [1.165, 1.54) is 20.2 Å². The summed E-state index contributed by atoms with van der Waals surface area (Å²) in [6.07, 6.45) is 0.457. The monoisotopic (exact) mass is 588 g/mol. The van der Waals surface area contributed by atoms with Gasteiger partial charge >= 0.3 is 5.69 Å². The Balaban J connectivity index is 1.45. The summed E-state index contributed by atoms with van der Waals surface area (Å²) in [6, 6.07) is 14.2. The summed E-state index contributed by atoms with van der Waals surface area (Å²) in [6.45, 7) is 4.57. The van der Waals surface area contributed by atoms with E-state index in [-0.39, 0.29) is 24.8 Å². The van der Waals surface area contributed by atoms with Crippen molar-refractivity contribution in [3.63, 3.8) is 0 Å². The van der Waals surface area contributed by atoms with Crippen LogP contribution in [0.2, 0.25) is 0 Å². The minimum Gasteiger partial charge on any atom is -0.496 e. The molecule has 0 spiro atoms. The quantitative estimate of drug-likeness (QED) is 0.248. The average molecular weight is 589 g/mol. The first-order chi connectivity index (χ1) is 20.6. The largest absolute Gasteiger partial charge is 0.496 e. The fraction of sp³-hybridized carbons (Fsp3) is 0.281. The van der Waals surface area contributed by atoms with Gasteiger partial charge in [-0.25, -0.2) is 9.18 Å². The van der Waals surface area contributed by atoms with Gasteiger partial charge < -0.3 is 30.2 Å². The molecule has 11 heteroatoms. The topological polar surface area (TPSA) is 135 Å². The summed E-state index contributed by atoms with van der Waals surface area (Å²) in [5.74, 6) is -0.695. The minimum absolute atomic E-state index is 0.169. The first-order valence-electron chi connectivity index (χ1n) is 13.8. The predicted molar refractivity (Wildman–Crippen MR) is 161 cm³/mol. The molecule has 2 heterocycles. The lowest BCUT2D eigenvalue weighted by atomic mass is 9.90. The van der Waals surface area contributed by atoms with Crippen molar-refractivity contribution in [3.05, 3.63) is 104 Å². The van der Waals surface area contributed by atoms with E-state index in [2.05, 4.69) is 15.6 Å². The van der Waals surface area contributed by atoms with Crippen LogP contribution in [0.15, 0.2) is 64.3 Å². The Morgan fingerprint density at radius 1 is 1.09 bits per heavy atom. The number of aromatic nitrogens is 2. The maximum absolute atomic E-state index is 15.5. The highest BCUT2D eigenvalue weighted by molar-refractivity contribution is 6.04. The molecule has 1 saturated heterocycles. The number of hydrogen-bond donors (Lipinski definition) is 4. The predicted octanol–water partition coefficient (Wildman–Crippen LogP) is 3.27. The number of ether oxygens (including phenoxy) is 2. The van der Waals surface area contributed by atoms with E-state index < -0.39 is 29.1 Å². The van der Waals surface area contributed by atoms with Crippen molar-refractivity contribution < 1.29 is 23.8 Å². The lowest BCUT2D eigenvalue weighted by molar-refractivity contribution is 0.102. The molecule has 0 aliphatic carbocycles. The number of carbonyl (C=O) groups excluding carboxylic acids is 1. The average Bonchev–Trinajstić information content (AvgIpc) is 3.40. The van der Waals surface area contributed by atoms with Gasteiger partial charge in [-0.2, -0.15) is 0 Å². The number of amides is 1. The second kappa shape index (κ2) is 12.3. The number of nitrogens with one attached hydrogen (secondary N) is 3. The van der Waals surface area contributed by atoms with Crippen LogP contribution in [0.4, 0.5) is 10.1 Å². The number of nitrogens with zero attached hydrogens (tertiary/aromatic N) is 1. The number of aliphatic hydroxyl groups excluding tert-OH is 1. The summed E-state index contributed by atoms with van der Waals surface area (Å²) in [5.41, 5.74) is 4.18. The van der Waals surface area contributed by atoms with Crippen molar-refractivity contribution in [1.29, 1.82) is 0 Å². The number of methoxy groups -OCH3 is 1. The molecule has 224 valence electrons. The van der Waals surface area contributed by atoms with Crippen LogP contribution in [-0.2, 0) is 18.3 Å². The third-order valence-corrected chi connectivity index (χ3v) is 7.91. The Labute approximate surface area is 247 Å². The van der Waals surface area contributed by atoms with Gasteiger partial charge in [0.15, 0.2) is 0 Å². The van der Waals surface area contributed by atoms with E-state index in [1.807, 2.05) is 38.1 Å². The van der Waals surface area contributed by atoms with Crippen LogP contribution in [0.3, 0.4) is 0 Å². The maximum Gasteiger partial charge on any atom is 0.328 e. The zero-order valence-corrected chi connectivity index (χ0v) is 24.3. The van der Waals surface area contributed by atoms with Crippen LogP contribution in [0, 0.1) is 19.7 Å². The van der Waals surface area contributed by atoms with Gasteiger partial charge in [0.1, 0.15) is 17.1 Å². The summed E-state index contributed by atoms with van der Waals surface area (Å²) in [7, 11) is 2.79. The molecule has 4 N–H and O–H groups in total. The van der Waals surface area contributed by atoms with Crippen molar-refractivity contribution in [2.45, 2.75) is 32.5 Å². The molecule has 1 aliphatic rings. The number of carbonyl (C=O) groups is 1. The molecular formula is C32H33FN4O6. The number of anilines is 1. The van der Waals surface area contributed by atoms with E-state index in [1.54, 1.807) is 18.2 Å². The molecule has 3 aromatic carbocycles. The zero-order valence-electron chi connectivity index (χ0n) is 24.3. The standard InChI is InChI=1S/C32H33FN4O6/c1-17-20(19-11-25(33)23(29(12-19)42-4)13-34-27-15-43-16-28(27)38)7-5-8-21(17)22-9-6-10-26(18(22)2)36-30(39)24-14-35-32(41)37(3)31(24)40/h5-12,14,27-28,34,38H,13,15-16H2,1-4H3,(H,35,41)(H,36,39)/t27-,28-/m1/s1. The molecule has 1 fully saturated rings. The fourth-order valence-corrected chi connectivity index (χ4v) is 5.31. The molecule has 2 atom stereocenters. The molecule has 1 aromatic heterocycles. The van der Waals surface area contributed by atoms with Crippen LogP contribution < -0.4 is 26.6 Å². The molecule has 5 rings (SSSR count). The lowest BCUT2D eigenvalue weighted by Gasteiger charge is -2.19. The van der Waals surface area contributed by atoms with Gasteiger partial charge in [0.2, 0.25) is 0 Å². The van der Waals surface area contributed by atoms with Gasteiger partial charge in [0.05, 0.1) is 32.5 Å². The van der Waals surface area contributed by atoms with Crippen LogP contribution in [0.25, 0.3) is 22.3 Å². The second-order valence-electron chi connectivity index (χ2n) is 10.5. The number of hydrogen-bond acceptors (Lipinski definition) is 7. The van der Waals surface area contributed by atoms with Crippen molar-refractivity contribution in [2.24, 2.45) is 7.05 Å². The van der Waals surface area contributed by atoms with Gasteiger partial charge in [-0.1, -0.05) is 30.3 Å². The Morgan fingerprint density at radius 2 is 1.79 bits per heavy atom. The third-order valence-electron chi connectivity index (χ3n) is 7.91. The van der Waals surface area contributed by atoms with E-state index in [4.69, 9.17) is 9.47 Å². The second-order valence-corrected chi connectivity index (χ2v) is 10.5. The molecule has 4 aromatic rings. The van der Waals surface area contributed by atoms with Crippen LogP contribution >= 0.6 is 0 Å². The first-order valence-corrected chi connectivity index (χ1v) is 13.8. The molecule has 0 unspecified atom stereocenters. The fourth-order valence-electron chi connectivity index (χ4n) is 5.31. The van der Waals surface area contributed by atoms with E-state index in [0.29, 0.717) is 29.2 Å². The molecule has 1 aliphatic heterocycles. The highest BCUT2D eigenvalue weighted by Crippen LogP contribution is 2.37. The summed E-state index contributed by atoms with van der Waals surface area (Å²) >= 11 is 0. The van der Waals surface area contributed by atoms with E-state index >= 15 is 4.39 Å². The van der Waals surface area contributed by atoms with Gasteiger partial charge in [0.25, 0.3) is 11.5 Å². The van der Waals surface area contributed by atoms with Gasteiger partial charge in [-0.3, -0.25) is 14.2 Å². The molecule has 0 radical (unpaired) electrons. The van der Waals surface area contributed by atoms with Gasteiger partial charge in [0, 0.05) is 31.0 Å². The first kappa shape index (κ1) is 29.9.